The number of fused-ring (bicyclic) bond motifs is 2. The van der Waals surface area contributed by atoms with E-state index in [1.807, 2.05) is 37.5 Å². The maximum Gasteiger partial charge on any atom is 1.00 e. The van der Waals surface area contributed by atoms with Gasteiger partial charge in [0.25, 0.3) is 5.69 Å². The molecule has 0 aliphatic carbocycles. The minimum Gasteiger partial charge on any atom is -0.748 e. The summed E-state index contributed by atoms with van der Waals surface area (Å²) in [7, 11) is -14.8. The first-order valence-corrected chi connectivity index (χ1v) is 25.6. The average Bonchev–Trinajstić information content (AvgIpc) is 3.13. The fraction of sp³-hybridized carbons (Fsp3) is 0.526. The van der Waals surface area contributed by atoms with Gasteiger partial charge in [0.1, 0.15) is 17.2 Å². The van der Waals surface area contributed by atoms with Crippen molar-refractivity contribution >= 4 is 68.9 Å². The third kappa shape index (κ3) is 20.5. The van der Waals surface area contributed by atoms with Gasteiger partial charge in [-0.3, -0.25) is 10.1 Å². The van der Waals surface area contributed by atoms with Crippen LogP contribution in [0.15, 0.2) is 64.8 Å². The SMILES string of the molecule is COc1cc2c(cc1N=Nc1ccc([N+](=O)[O-])cc1)C(CS(=O)(=O)[O-])CC(C)(C)N2CCCS(=O)(=O)[O-].COc1ccc2c(c1)N(CCCS(=O)(=O)[O-])C(C)(C)CC2CS(=O)(=O)[O-].[Na+].[Na+].[Na+].[Na+]. The molecule has 2 unspecified atom stereocenters. The van der Waals surface area contributed by atoms with E-state index in [1.54, 1.807) is 30.3 Å². The zero-order valence-corrected chi connectivity index (χ0v) is 50.6. The van der Waals surface area contributed by atoms with Crippen LogP contribution >= 0.6 is 0 Å². The van der Waals surface area contributed by atoms with Crippen molar-refractivity contribution < 1.29 is 185 Å². The first-order valence-electron chi connectivity index (χ1n) is 19.3. The summed E-state index contributed by atoms with van der Waals surface area (Å²) >= 11 is 0. The van der Waals surface area contributed by atoms with Crippen molar-refractivity contribution in [3.05, 3.63) is 75.8 Å². The molecule has 0 N–H and O–H groups in total. The Morgan fingerprint density at radius 3 is 1.48 bits per heavy atom. The third-order valence-corrected chi connectivity index (χ3v) is 13.9. The topological polar surface area (TPSA) is 322 Å². The van der Waals surface area contributed by atoms with Crippen molar-refractivity contribution in [2.45, 2.75) is 76.3 Å². The summed E-state index contributed by atoms with van der Waals surface area (Å²) in [6, 6.07) is 13.7. The first-order chi connectivity index (χ1) is 28.9. The predicted molar refractivity (Wildman–Crippen MR) is 228 cm³/mol. The molecule has 0 amide bonds. The van der Waals surface area contributed by atoms with Crippen molar-refractivity contribution in [1.82, 2.24) is 0 Å². The Labute approximate surface area is 481 Å². The van der Waals surface area contributed by atoms with Crippen LogP contribution in [0.1, 0.15) is 76.3 Å². The number of methoxy groups -OCH3 is 2. The molecule has 350 valence electrons. The summed E-state index contributed by atoms with van der Waals surface area (Å²) in [4.78, 5) is 14.1. The van der Waals surface area contributed by atoms with Crippen LogP contribution in [-0.4, -0.2) is 118 Å². The van der Waals surface area contributed by atoms with Gasteiger partial charge in [-0.2, -0.15) is 5.11 Å². The molecule has 0 saturated carbocycles. The standard InChI is InChI=1S/C22H28N4O9S2.C16H25NO7S2.4Na/c1-22(2)13-15(14-37(32,33)34)18-11-19(24-23-16-5-7-17(8-6-16)26(27)28)21(35-3)12-20(18)25(22)9-4-10-36(29,30)31;1-16(2)10-12(11-26(21,22)23)14-6-5-13(24-3)9-15(14)17(16)7-4-8-25(18,19)20;;;;/h5-8,11-12,15H,4,9-10,13-14H2,1-3H3,(H,29,30,31)(H,32,33,34);5-6,9,12H,4,7-8,10-11H2,1-3H3,(H,18,19,20)(H,21,22,23);;;;/q;;4*+1/p-4. The molecule has 3 aromatic carbocycles. The van der Waals surface area contributed by atoms with E-state index in [9.17, 15) is 62.0 Å². The minimum absolute atomic E-state index is 0. The number of non-ortho nitro benzene ring substituents is 1. The van der Waals surface area contributed by atoms with Crippen LogP contribution in [0.4, 0.5) is 28.4 Å². The number of nitro benzene ring substituents is 1. The smallest absolute Gasteiger partial charge is 0.748 e. The van der Waals surface area contributed by atoms with Crippen LogP contribution in [0.5, 0.6) is 11.5 Å². The molecule has 2 aliphatic rings. The van der Waals surface area contributed by atoms with Crippen LogP contribution in [0.2, 0.25) is 0 Å². The summed E-state index contributed by atoms with van der Waals surface area (Å²) in [6.45, 7) is 7.95. The molecule has 0 aromatic heterocycles. The molecule has 0 spiro atoms. The van der Waals surface area contributed by atoms with Gasteiger partial charge < -0.3 is 37.5 Å². The molecule has 5 rings (SSSR count). The quantitative estimate of drug-likeness (QED) is 0.0399. The molecule has 0 radical (unpaired) electrons. The van der Waals surface area contributed by atoms with Crippen LogP contribution in [-0.2, 0) is 40.5 Å². The largest absolute Gasteiger partial charge is 1.00 e. The molecular formula is C38H49N5Na4O16S4. The fourth-order valence-corrected chi connectivity index (χ4v) is 10.6. The second-order valence-electron chi connectivity index (χ2n) is 16.4. The zero-order valence-electron chi connectivity index (χ0n) is 39.3. The minimum atomic E-state index is -4.59. The van der Waals surface area contributed by atoms with Gasteiger partial charge >= 0.3 is 118 Å². The van der Waals surface area contributed by atoms with Gasteiger partial charge in [-0.1, -0.05) is 6.07 Å². The Morgan fingerprint density at radius 1 is 0.627 bits per heavy atom. The van der Waals surface area contributed by atoms with Crippen LogP contribution in [0.3, 0.4) is 0 Å². The fourth-order valence-electron chi connectivity index (χ4n) is 8.09. The molecule has 29 heteroatoms. The number of ether oxygens (including phenoxy) is 2. The van der Waals surface area contributed by atoms with Gasteiger partial charge in [0.2, 0.25) is 0 Å². The van der Waals surface area contributed by atoms with E-state index in [0.29, 0.717) is 46.9 Å². The monoisotopic (exact) mass is 1050 g/mol. The normalized spacial score (nSPS) is 17.4. The number of rotatable bonds is 17. The van der Waals surface area contributed by atoms with E-state index < -0.39 is 91.3 Å². The zero-order chi connectivity index (χ0) is 47.3. The summed E-state index contributed by atoms with van der Waals surface area (Å²) in [5.74, 6) is -2.52. The van der Waals surface area contributed by atoms with Crippen LogP contribution in [0.25, 0.3) is 0 Å². The van der Waals surface area contributed by atoms with Crippen molar-refractivity contribution in [2.24, 2.45) is 10.2 Å². The average molecular weight is 1050 g/mol. The Balaban J connectivity index is 0.00000129. The molecule has 2 aliphatic heterocycles. The van der Waals surface area contributed by atoms with Gasteiger partial charge in [-0.05, 0) is 88.8 Å². The summed E-state index contributed by atoms with van der Waals surface area (Å²) < 4.78 is 146. The Morgan fingerprint density at radius 2 is 1.07 bits per heavy atom. The number of nitrogens with zero attached hydrogens (tertiary/aromatic N) is 5. The molecule has 21 nitrogen and oxygen atoms in total. The Bertz CT molecular complexity index is 2640. The van der Waals surface area contributed by atoms with E-state index in [1.165, 1.54) is 38.5 Å². The third-order valence-electron chi connectivity index (χ3n) is 10.7. The number of hydrogen-bond acceptors (Lipinski definition) is 20. The van der Waals surface area contributed by atoms with Crippen molar-refractivity contribution in [3.8, 4) is 11.5 Å². The van der Waals surface area contributed by atoms with E-state index in [2.05, 4.69) is 10.2 Å². The molecule has 0 fully saturated rings. The molecule has 0 bridgehead atoms. The first kappa shape index (κ1) is 66.5. The number of azo groups is 1. The van der Waals surface area contributed by atoms with Crippen molar-refractivity contribution in [1.29, 1.82) is 0 Å². The molecule has 2 heterocycles. The summed E-state index contributed by atoms with van der Waals surface area (Å²) in [5.41, 5.74) is 1.65. The molecule has 3 aromatic rings. The van der Waals surface area contributed by atoms with Crippen molar-refractivity contribution in [2.75, 3.05) is 60.1 Å². The van der Waals surface area contributed by atoms with Gasteiger partial charge in [0.15, 0.2) is 0 Å². The van der Waals surface area contributed by atoms with Gasteiger partial charge in [-0.15, -0.1) is 5.11 Å². The van der Waals surface area contributed by atoms with E-state index in [4.69, 9.17) is 9.47 Å². The molecule has 67 heavy (non-hydrogen) atoms. The number of nitro groups is 1. The van der Waals surface area contributed by atoms with Gasteiger partial charge in [0, 0.05) is 94.7 Å². The van der Waals surface area contributed by atoms with E-state index in [-0.39, 0.29) is 161 Å². The number of benzene rings is 3. The summed E-state index contributed by atoms with van der Waals surface area (Å²) in [5, 5.41) is 19.1. The second-order valence-corrected chi connectivity index (χ2v) is 22.3. The molecule has 2 atom stereocenters. The second kappa shape index (κ2) is 27.0. The maximum absolute atomic E-state index is 11.7. The molecule has 0 saturated heterocycles. The Hall–Kier alpha value is -0.500. The van der Waals surface area contributed by atoms with Crippen LogP contribution in [0, 0.1) is 10.1 Å². The van der Waals surface area contributed by atoms with E-state index in [0.717, 1.165) is 0 Å². The van der Waals surface area contributed by atoms with Gasteiger partial charge in [0.05, 0.1) is 65.3 Å². The predicted octanol–water partition coefficient (Wildman–Crippen LogP) is -7.16. The Kier molecular flexibility index (Phi) is 26.8. The van der Waals surface area contributed by atoms with E-state index >= 15 is 0 Å². The van der Waals surface area contributed by atoms with Gasteiger partial charge in [-0.25, -0.2) is 33.7 Å². The number of anilines is 2. The van der Waals surface area contributed by atoms with Crippen molar-refractivity contribution in [3.63, 3.8) is 0 Å². The number of hydrogen-bond donors (Lipinski definition) is 0. The van der Waals surface area contributed by atoms with Crippen LogP contribution < -0.4 is 138 Å². The maximum atomic E-state index is 11.7. The molecular weight excluding hydrogens is 1000 g/mol. The summed E-state index contributed by atoms with van der Waals surface area (Å²) in [6.07, 6.45) is 0.869.